The summed E-state index contributed by atoms with van der Waals surface area (Å²) in [5.41, 5.74) is 0. The van der Waals surface area contributed by atoms with E-state index in [4.69, 9.17) is 23.2 Å². The number of hydrogen-bond acceptors (Lipinski definition) is 4. The van der Waals surface area contributed by atoms with Crippen LogP contribution in [-0.4, -0.2) is 36.6 Å². The number of nitrogens with one attached hydrogen (secondary N) is 3. The van der Waals surface area contributed by atoms with Gasteiger partial charge in [0.25, 0.3) is 0 Å². The standard InChI is InChI=1S/C12H16Cl2N4O.ClH/c13-8-6-9(14)11(18-7-8)16-4-5-17-12(19)10-2-1-3-15-10;/h6-7,10,15H,1-5H2,(H,16,18)(H,17,19);1H/t10-;/m0./s1. The van der Waals surface area contributed by atoms with Crippen LogP contribution in [0.2, 0.25) is 10.0 Å². The van der Waals surface area contributed by atoms with Crippen molar-refractivity contribution >= 4 is 47.3 Å². The van der Waals surface area contributed by atoms with Crippen LogP contribution in [0.5, 0.6) is 0 Å². The molecular weight excluding hydrogens is 323 g/mol. The largest absolute Gasteiger partial charge is 0.367 e. The van der Waals surface area contributed by atoms with Crippen LogP contribution in [0, 0.1) is 0 Å². The minimum atomic E-state index is -0.0442. The van der Waals surface area contributed by atoms with Crippen molar-refractivity contribution in [2.45, 2.75) is 18.9 Å². The smallest absolute Gasteiger partial charge is 0.237 e. The third kappa shape index (κ3) is 4.98. The lowest BCUT2D eigenvalue weighted by molar-refractivity contribution is -0.122. The molecule has 0 aliphatic carbocycles. The quantitative estimate of drug-likeness (QED) is 0.719. The molecule has 0 bridgehead atoms. The molecule has 3 N–H and O–H groups in total. The van der Waals surface area contributed by atoms with Crippen LogP contribution < -0.4 is 16.0 Å². The summed E-state index contributed by atoms with van der Waals surface area (Å²) in [6.07, 6.45) is 3.49. The molecule has 2 heterocycles. The number of pyridine rings is 1. The molecule has 1 amide bonds. The van der Waals surface area contributed by atoms with Gasteiger partial charge >= 0.3 is 0 Å². The number of carbonyl (C=O) groups is 1. The number of anilines is 1. The van der Waals surface area contributed by atoms with E-state index in [2.05, 4.69) is 20.9 Å². The van der Waals surface area contributed by atoms with E-state index in [1.54, 1.807) is 6.07 Å². The summed E-state index contributed by atoms with van der Waals surface area (Å²) in [7, 11) is 0. The van der Waals surface area contributed by atoms with E-state index in [9.17, 15) is 4.79 Å². The van der Waals surface area contributed by atoms with E-state index in [0.29, 0.717) is 29.0 Å². The Balaban J connectivity index is 0.00000200. The van der Waals surface area contributed by atoms with Gasteiger partial charge in [-0.3, -0.25) is 4.79 Å². The number of nitrogens with zero attached hydrogens (tertiary/aromatic N) is 1. The second kappa shape index (κ2) is 8.52. The number of amides is 1. The van der Waals surface area contributed by atoms with Crippen molar-refractivity contribution in [3.8, 4) is 0 Å². The summed E-state index contributed by atoms with van der Waals surface area (Å²) in [5.74, 6) is 0.619. The topological polar surface area (TPSA) is 66.0 Å². The third-order valence-corrected chi connectivity index (χ3v) is 3.40. The number of halogens is 3. The van der Waals surface area contributed by atoms with Crippen LogP contribution in [0.1, 0.15) is 12.8 Å². The molecule has 1 aliphatic heterocycles. The fraction of sp³-hybridized carbons (Fsp3) is 0.500. The summed E-state index contributed by atoms with van der Waals surface area (Å²) in [5, 5.41) is 10.0. The minimum absolute atomic E-state index is 0. The first kappa shape index (κ1) is 17.3. The third-order valence-electron chi connectivity index (χ3n) is 2.90. The molecule has 0 unspecified atom stereocenters. The molecule has 1 aliphatic rings. The maximum absolute atomic E-state index is 11.7. The zero-order valence-electron chi connectivity index (χ0n) is 10.8. The van der Waals surface area contributed by atoms with E-state index in [-0.39, 0.29) is 24.4 Å². The number of hydrogen-bond donors (Lipinski definition) is 3. The molecule has 1 aromatic heterocycles. The van der Waals surface area contributed by atoms with Crippen molar-refractivity contribution in [1.82, 2.24) is 15.6 Å². The zero-order chi connectivity index (χ0) is 13.7. The second-order valence-corrected chi connectivity index (χ2v) is 5.19. The predicted molar refractivity (Wildman–Crippen MR) is 84.0 cm³/mol. The van der Waals surface area contributed by atoms with E-state index < -0.39 is 0 Å². The monoisotopic (exact) mass is 338 g/mol. The summed E-state index contributed by atoms with van der Waals surface area (Å²) in [6, 6.07) is 1.58. The van der Waals surface area contributed by atoms with E-state index in [1.807, 2.05) is 0 Å². The molecule has 0 saturated carbocycles. The van der Waals surface area contributed by atoms with E-state index >= 15 is 0 Å². The molecule has 1 atom stereocenters. The molecule has 8 heteroatoms. The molecule has 0 radical (unpaired) electrons. The summed E-state index contributed by atoms with van der Waals surface area (Å²) >= 11 is 11.7. The molecule has 112 valence electrons. The van der Waals surface area contributed by atoms with Gasteiger partial charge < -0.3 is 16.0 Å². The Hall–Kier alpha value is -0.750. The van der Waals surface area contributed by atoms with Crippen LogP contribution in [0.15, 0.2) is 12.3 Å². The maximum Gasteiger partial charge on any atom is 0.237 e. The van der Waals surface area contributed by atoms with Gasteiger partial charge in [0.1, 0.15) is 5.82 Å². The first-order valence-corrected chi connectivity index (χ1v) is 6.98. The van der Waals surface area contributed by atoms with Crippen molar-refractivity contribution in [2.75, 3.05) is 25.0 Å². The lowest BCUT2D eigenvalue weighted by atomic mass is 10.2. The van der Waals surface area contributed by atoms with Gasteiger partial charge in [0.2, 0.25) is 5.91 Å². The Kier molecular flexibility index (Phi) is 7.37. The zero-order valence-corrected chi connectivity index (χ0v) is 13.1. The number of rotatable bonds is 5. The fourth-order valence-electron chi connectivity index (χ4n) is 1.94. The first-order valence-electron chi connectivity index (χ1n) is 6.23. The van der Waals surface area contributed by atoms with Crippen LogP contribution in [0.25, 0.3) is 0 Å². The molecule has 0 spiro atoms. The van der Waals surface area contributed by atoms with Crippen molar-refractivity contribution in [3.63, 3.8) is 0 Å². The molecule has 20 heavy (non-hydrogen) atoms. The van der Waals surface area contributed by atoms with Crippen molar-refractivity contribution in [1.29, 1.82) is 0 Å². The highest BCUT2D eigenvalue weighted by molar-refractivity contribution is 6.35. The van der Waals surface area contributed by atoms with Crippen LogP contribution in [0.4, 0.5) is 5.82 Å². The fourth-order valence-corrected chi connectivity index (χ4v) is 2.39. The molecule has 1 saturated heterocycles. The normalized spacial score (nSPS) is 17.4. The van der Waals surface area contributed by atoms with Crippen molar-refractivity contribution in [2.24, 2.45) is 0 Å². The van der Waals surface area contributed by atoms with Crippen LogP contribution in [0.3, 0.4) is 0 Å². The average Bonchev–Trinajstić information content (AvgIpc) is 2.90. The minimum Gasteiger partial charge on any atom is -0.367 e. The molecule has 0 aromatic carbocycles. The summed E-state index contributed by atoms with van der Waals surface area (Å²) < 4.78 is 0. The highest BCUT2D eigenvalue weighted by Crippen LogP contribution is 2.21. The van der Waals surface area contributed by atoms with Gasteiger partial charge in [0.15, 0.2) is 0 Å². The van der Waals surface area contributed by atoms with Gasteiger partial charge in [-0.2, -0.15) is 0 Å². The van der Waals surface area contributed by atoms with E-state index in [1.165, 1.54) is 6.20 Å². The van der Waals surface area contributed by atoms with Gasteiger partial charge in [0, 0.05) is 19.3 Å². The Bertz CT molecular complexity index is 452. The lowest BCUT2D eigenvalue weighted by Gasteiger charge is -2.12. The van der Waals surface area contributed by atoms with E-state index in [0.717, 1.165) is 19.4 Å². The first-order chi connectivity index (χ1) is 9.16. The highest BCUT2D eigenvalue weighted by atomic mass is 35.5. The Morgan fingerprint density at radius 1 is 1.45 bits per heavy atom. The molecule has 5 nitrogen and oxygen atoms in total. The maximum atomic E-state index is 11.7. The van der Waals surface area contributed by atoms with Crippen LogP contribution >= 0.6 is 35.6 Å². The summed E-state index contributed by atoms with van der Waals surface area (Å²) in [4.78, 5) is 15.8. The molecular formula is C12H17Cl3N4O. The average molecular weight is 340 g/mol. The Labute approximate surface area is 134 Å². The van der Waals surface area contributed by atoms with Crippen LogP contribution in [-0.2, 0) is 4.79 Å². The highest BCUT2D eigenvalue weighted by Gasteiger charge is 2.21. The molecule has 1 aromatic rings. The lowest BCUT2D eigenvalue weighted by Crippen LogP contribution is -2.42. The SMILES string of the molecule is Cl.O=C(NCCNc1ncc(Cl)cc1Cl)[C@@H]1CCCN1. The molecule has 2 rings (SSSR count). The number of carbonyl (C=O) groups excluding carboxylic acids is 1. The second-order valence-electron chi connectivity index (χ2n) is 4.35. The predicted octanol–water partition coefficient (Wildman–Crippen LogP) is 2.09. The Morgan fingerprint density at radius 2 is 2.25 bits per heavy atom. The Morgan fingerprint density at radius 3 is 2.90 bits per heavy atom. The van der Waals surface area contributed by atoms with Gasteiger partial charge in [-0.15, -0.1) is 12.4 Å². The number of aromatic nitrogens is 1. The van der Waals surface area contributed by atoms with Gasteiger partial charge in [-0.25, -0.2) is 4.98 Å². The van der Waals surface area contributed by atoms with Gasteiger partial charge in [0.05, 0.1) is 16.1 Å². The van der Waals surface area contributed by atoms with Crippen molar-refractivity contribution < 1.29 is 4.79 Å². The van der Waals surface area contributed by atoms with Gasteiger partial charge in [-0.1, -0.05) is 23.2 Å². The van der Waals surface area contributed by atoms with Gasteiger partial charge in [-0.05, 0) is 25.5 Å². The summed E-state index contributed by atoms with van der Waals surface area (Å²) in [6.45, 7) is 2.01. The van der Waals surface area contributed by atoms with Crippen molar-refractivity contribution in [3.05, 3.63) is 22.3 Å². The molecule has 1 fully saturated rings.